The van der Waals surface area contributed by atoms with E-state index in [2.05, 4.69) is 59.2 Å². The van der Waals surface area contributed by atoms with Gasteiger partial charge in [0.05, 0.1) is 0 Å². The molecule has 2 rings (SSSR count). The van der Waals surface area contributed by atoms with Crippen molar-refractivity contribution < 1.29 is 0 Å². The van der Waals surface area contributed by atoms with Crippen molar-refractivity contribution in [3.63, 3.8) is 0 Å². The molecule has 0 bridgehead atoms. The molecule has 0 amide bonds. The van der Waals surface area contributed by atoms with E-state index in [1.54, 1.807) is 0 Å². The number of benzene rings is 1. The highest BCUT2D eigenvalue weighted by atomic mass is 15.1. The van der Waals surface area contributed by atoms with Crippen molar-refractivity contribution in [2.75, 3.05) is 7.05 Å². The highest BCUT2D eigenvalue weighted by Gasteiger charge is 2.06. The lowest BCUT2D eigenvalue weighted by atomic mass is 10.0. The Labute approximate surface area is 115 Å². The summed E-state index contributed by atoms with van der Waals surface area (Å²) in [6.45, 7) is 5.40. The molecule has 1 N–H and O–H groups in total. The van der Waals surface area contributed by atoms with Crippen LogP contribution in [0.3, 0.4) is 0 Å². The van der Waals surface area contributed by atoms with Gasteiger partial charge in [0, 0.05) is 30.5 Å². The lowest BCUT2D eigenvalue weighted by molar-refractivity contribution is 0.608. The maximum atomic E-state index is 4.46. The van der Waals surface area contributed by atoms with Crippen molar-refractivity contribution in [3.05, 3.63) is 42.2 Å². The van der Waals surface area contributed by atoms with Crippen LogP contribution in [0.25, 0.3) is 11.4 Å². The predicted molar refractivity (Wildman–Crippen MR) is 80.2 cm³/mol. The quantitative estimate of drug-likeness (QED) is 0.861. The first-order valence-corrected chi connectivity index (χ1v) is 7.02. The van der Waals surface area contributed by atoms with E-state index in [0.29, 0.717) is 6.04 Å². The van der Waals surface area contributed by atoms with Gasteiger partial charge in [-0.25, -0.2) is 4.98 Å². The number of nitrogens with zero attached hydrogens (tertiary/aromatic N) is 2. The van der Waals surface area contributed by atoms with Gasteiger partial charge in [-0.1, -0.05) is 31.2 Å². The summed E-state index contributed by atoms with van der Waals surface area (Å²) in [6, 6.07) is 9.26. The van der Waals surface area contributed by atoms with E-state index in [9.17, 15) is 0 Å². The Hall–Kier alpha value is -1.61. The molecule has 102 valence electrons. The third-order valence-corrected chi connectivity index (χ3v) is 3.43. The molecular weight excluding hydrogens is 234 g/mol. The monoisotopic (exact) mass is 257 g/mol. The first-order chi connectivity index (χ1) is 9.24. The molecule has 1 unspecified atom stereocenters. The minimum absolute atomic E-state index is 0.507. The standard InChI is InChI=1S/C16H23N3/c1-4-10-19-11-9-18-16(19)15-7-5-14(6-8-15)12-13(2)17-3/h5-9,11,13,17H,4,10,12H2,1-3H3. The Morgan fingerprint density at radius 2 is 2.00 bits per heavy atom. The Morgan fingerprint density at radius 1 is 1.26 bits per heavy atom. The van der Waals surface area contributed by atoms with Crippen LogP contribution in [-0.2, 0) is 13.0 Å². The second-order valence-corrected chi connectivity index (χ2v) is 5.04. The Bertz CT molecular complexity index is 499. The number of aryl methyl sites for hydroxylation is 1. The molecule has 0 aliphatic rings. The fraction of sp³-hybridized carbons (Fsp3) is 0.438. The topological polar surface area (TPSA) is 29.9 Å². The largest absolute Gasteiger partial charge is 0.331 e. The molecule has 3 heteroatoms. The molecule has 0 radical (unpaired) electrons. The summed E-state index contributed by atoms with van der Waals surface area (Å²) in [6.07, 6.45) is 6.11. The number of aromatic nitrogens is 2. The van der Waals surface area contributed by atoms with Crippen LogP contribution in [0.5, 0.6) is 0 Å². The van der Waals surface area contributed by atoms with Crippen molar-refractivity contribution in [2.45, 2.75) is 39.3 Å². The van der Waals surface area contributed by atoms with E-state index >= 15 is 0 Å². The van der Waals surface area contributed by atoms with Gasteiger partial charge in [-0.3, -0.25) is 0 Å². The average molecular weight is 257 g/mol. The van der Waals surface area contributed by atoms with Crippen molar-refractivity contribution in [1.29, 1.82) is 0 Å². The SMILES string of the molecule is CCCn1ccnc1-c1ccc(CC(C)NC)cc1. The molecule has 0 saturated heterocycles. The number of hydrogen-bond acceptors (Lipinski definition) is 2. The van der Waals surface area contributed by atoms with Crippen molar-refractivity contribution in [1.82, 2.24) is 14.9 Å². The number of hydrogen-bond donors (Lipinski definition) is 1. The van der Waals surface area contributed by atoms with Crippen LogP contribution in [0.2, 0.25) is 0 Å². The van der Waals surface area contributed by atoms with E-state index in [0.717, 1.165) is 25.2 Å². The molecule has 1 aromatic carbocycles. The highest BCUT2D eigenvalue weighted by Crippen LogP contribution is 2.19. The normalized spacial score (nSPS) is 12.6. The van der Waals surface area contributed by atoms with Gasteiger partial charge in [-0.2, -0.15) is 0 Å². The summed E-state index contributed by atoms with van der Waals surface area (Å²) in [5.41, 5.74) is 2.55. The molecule has 0 spiro atoms. The smallest absolute Gasteiger partial charge is 0.139 e. The average Bonchev–Trinajstić information content (AvgIpc) is 2.88. The first kappa shape index (κ1) is 13.8. The summed E-state index contributed by atoms with van der Waals surface area (Å²) < 4.78 is 2.21. The Morgan fingerprint density at radius 3 is 2.63 bits per heavy atom. The molecule has 0 fully saturated rings. The van der Waals surface area contributed by atoms with Gasteiger partial charge >= 0.3 is 0 Å². The third kappa shape index (κ3) is 3.44. The predicted octanol–water partition coefficient (Wildman–Crippen LogP) is 3.11. The molecule has 0 aliphatic carbocycles. The molecule has 0 saturated carbocycles. The van der Waals surface area contributed by atoms with E-state index in [-0.39, 0.29) is 0 Å². The van der Waals surface area contributed by atoms with E-state index in [1.807, 2.05) is 13.2 Å². The summed E-state index contributed by atoms with van der Waals surface area (Å²) >= 11 is 0. The second-order valence-electron chi connectivity index (χ2n) is 5.04. The van der Waals surface area contributed by atoms with Crippen molar-refractivity contribution in [3.8, 4) is 11.4 Å². The van der Waals surface area contributed by atoms with E-state index in [1.165, 1.54) is 11.1 Å². The Kier molecular flexibility index (Phi) is 4.74. The third-order valence-electron chi connectivity index (χ3n) is 3.43. The zero-order chi connectivity index (χ0) is 13.7. The lowest BCUT2D eigenvalue weighted by Gasteiger charge is -2.11. The highest BCUT2D eigenvalue weighted by molar-refractivity contribution is 5.56. The molecular formula is C16H23N3. The van der Waals surface area contributed by atoms with Gasteiger partial charge in [0.15, 0.2) is 0 Å². The molecule has 19 heavy (non-hydrogen) atoms. The fourth-order valence-corrected chi connectivity index (χ4v) is 2.24. The summed E-state index contributed by atoms with van der Waals surface area (Å²) in [5, 5.41) is 3.26. The van der Waals surface area contributed by atoms with Crippen LogP contribution in [-0.4, -0.2) is 22.6 Å². The first-order valence-electron chi connectivity index (χ1n) is 7.02. The van der Waals surface area contributed by atoms with Gasteiger partial charge in [0.2, 0.25) is 0 Å². The van der Waals surface area contributed by atoms with Gasteiger partial charge in [-0.05, 0) is 32.4 Å². The number of likely N-dealkylation sites (N-methyl/N-ethyl adjacent to an activating group) is 1. The molecule has 1 heterocycles. The summed E-state index contributed by atoms with van der Waals surface area (Å²) in [5.74, 6) is 1.06. The molecule has 2 aromatic rings. The second kappa shape index (κ2) is 6.53. The number of nitrogens with one attached hydrogen (secondary N) is 1. The Balaban J connectivity index is 2.15. The van der Waals surface area contributed by atoms with Crippen LogP contribution in [0.1, 0.15) is 25.8 Å². The summed E-state index contributed by atoms with van der Waals surface area (Å²) in [7, 11) is 2.00. The van der Waals surface area contributed by atoms with Gasteiger partial charge in [0.25, 0.3) is 0 Å². The number of imidazole rings is 1. The van der Waals surface area contributed by atoms with Crippen LogP contribution < -0.4 is 5.32 Å². The maximum absolute atomic E-state index is 4.46. The van der Waals surface area contributed by atoms with Crippen molar-refractivity contribution in [2.24, 2.45) is 0 Å². The van der Waals surface area contributed by atoms with Gasteiger partial charge in [0.1, 0.15) is 5.82 Å². The fourth-order valence-electron chi connectivity index (χ4n) is 2.24. The molecule has 3 nitrogen and oxygen atoms in total. The van der Waals surface area contributed by atoms with E-state index < -0.39 is 0 Å². The minimum atomic E-state index is 0.507. The molecule has 1 aromatic heterocycles. The molecule has 0 aliphatic heterocycles. The zero-order valence-corrected chi connectivity index (χ0v) is 12.1. The van der Waals surface area contributed by atoms with Crippen molar-refractivity contribution >= 4 is 0 Å². The summed E-state index contributed by atoms with van der Waals surface area (Å²) in [4.78, 5) is 4.46. The van der Waals surface area contributed by atoms with Gasteiger partial charge < -0.3 is 9.88 Å². The molecule has 1 atom stereocenters. The number of rotatable bonds is 6. The van der Waals surface area contributed by atoms with Crippen LogP contribution in [0.15, 0.2) is 36.7 Å². The zero-order valence-electron chi connectivity index (χ0n) is 12.1. The lowest BCUT2D eigenvalue weighted by Crippen LogP contribution is -2.23. The maximum Gasteiger partial charge on any atom is 0.139 e. The van der Waals surface area contributed by atoms with Gasteiger partial charge in [-0.15, -0.1) is 0 Å². The van der Waals surface area contributed by atoms with E-state index in [4.69, 9.17) is 0 Å². The van der Waals surface area contributed by atoms with Crippen LogP contribution in [0.4, 0.5) is 0 Å². The van der Waals surface area contributed by atoms with Crippen LogP contribution >= 0.6 is 0 Å². The van der Waals surface area contributed by atoms with Crippen LogP contribution in [0, 0.1) is 0 Å². The minimum Gasteiger partial charge on any atom is -0.331 e.